The van der Waals surface area contributed by atoms with Gasteiger partial charge >= 0.3 is 0 Å². The smallest absolute Gasteiger partial charge is 0.122 e. The van der Waals surface area contributed by atoms with Gasteiger partial charge in [-0.3, -0.25) is 0 Å². The Morgan fingerprint density at radius 1 is 1.32 bits per heavy atom. The van der Waals surface area contributed by atoms with Crippen molar-refractivity contribution >= 4 is 17.1 Å². The zero-order chi connectivity index (χ0) is 14.7. The van der Waals surface area contributed by atoms with Crippen molar-refractivity contribution in [2.45, 2.75) is 38.6 Å². The molecule has 1 aromatic heterocycles. The summed E-state index contributed by atoms with van der Waals surface area (Å²) in [5, 5.41) is 5.09. The molecule has 2 aromatic rings. The van der Waals surface area contributed by atoms with Gasteiger partial charge in [0.15, 0.2) is 0 Å². The van der Waals surface area contributed by atoms with E-state index < -0.39 is 0 Å². The van der Waals surface area contributed by atoms with Crippen LogP contribution < -0.4 is 5.32 Å². The maximum Gasteiger partial charge on any atom is 0.122 e. The summed E-state index contributed by atoms with van der Waals surface area (Å²) in [7, 11) is 0. The highest BCUT2D eigenvalue weighted by atomic mass is 15.1. The summed E-state index contributed by atoms with van der Waals surface area (Å²) in [6.07, 6.45) is 9.35. The Morgan fingerprint density at radius 3 is 3.18 bits per heavy atom. The highest BCUT2D eigenvalue weighted by Gasteiger charge is 2.36. The van der Waals surface area contributed by atoms with Crippen molar-refractivity contribution in [1.29, 1.82) is 0 Å². The lowest BCUT2D eigenvalue weighted by molar-refractivity contribution is 0.488. The van der Waals surface area contributed by atoms with Crippen molar-refractivity contribution in [1.82, 2.24) is 10.3 Å². The molecule has 2 heterocycles. The van der Waals surface area contributed by atoms with Crippen LogP contribution in [0.2, 0.25) is 0 Å². The fourth-order valence-corrected chi connectivity index (χ4v) is 4.01. The molecule has 1 saturated carbocycles. The average molecular weight is 295 g/mol. The fraction of sp³-hybridized carbons (Fsp3) is 0.421. The van der Waals surface area contributed by atoms with E-state index in [4.69, 9.17) is 0 Å². The number of fused-ring (bicyclic) bond motifs is 4. The van der Waals surface area contributed by atoms with E-state index in [9.17, 15) is 0 Å². The SMILES string of the molecule is Cc1ccc2[nH]c3c(c2c1)CCCC3NC1=CC2CC2C=N1.[HH].[HH]. The number of aromatic amines is 1. The summed E-state index contributed by atoms with van der Waals surface area (Å²) >= 11 is 0. The second-order valence-corrected chi connectivity index (χ2v) is 7.05. The number of benzene rings is 1. The number of hydrogen-bond donors (Lipinski definition) is 2. The van der Waals surface area contributed by atoms with Crippen LogP contribution in [0.4, 0.5) is 0 Å². The molecule has 0 amide bonds. The van der Waals surface area contributed by atoms with Gasteiger partial charge < -0.3 is 10.3 Å². The number of allylic oxidation sites excluding steroid dienone is 1. The standard InChI is InChI=1S/C19H21N3.2H2/c1-11-5-6-16-15(7-11)14-3-2-4-17(19(14)22-16)21-18-9-12-8-13(12)10-20-18;;/h5-7,9-10,12-13,17,21-22H,2-4,8H2,1H3;2*1H. The molecule has 3 atom stereocenters. The molecular formula is C19H25N3. The van der Waals surface area contributed by atoms with Gasteiger partial charge in [0.25, 0.3) is 0 Å². The summed E-state index contributed by atoms with van der Waals surface area (Å²) in [6.45, 7) is 2.17. The van der Waals surface area contributed by atoms with Crippen LogP contribution in [-0.4, -0.2) is 11.2 Å². The van der Waals surface area contributed by atoms with Crippen LogP contribution >= 0.6 is 0 Å². The number of aliphatic imine (C=N–C) groups is 1. The van der Waals surface area contributed by atoms with Crippen molar-refractivity contribution in [3.8, 4) is 0 Å². The molecular weight excluding hydrogens is 270 g/mol. The van der Waals surface area contributed by atoms with E-state index in [0.29, 0.717) is 6.04 Å². The summed E-state index contributed by atoms with van der Waals surface area (Å²) < 4.78 is 0. The summed E-state index contributed by atoms with van der Waals surface area (Å²) in [6, 6.07) is 7.09. The van der Waals surface area contributed by atoms with Gasteiger partial charge in [-0.2, -0.15) is 0 Å². The highest BCUT2D eigenvalue weighted by molar-refractivity contribution is 5.85. The summed E-state index contributed by atoms with van der Waals surface area (Å²) in [5.41, 5.74) is 5.49. The topological polar surface area (TPSA) is 40.2 Å². The van der Waals surface area contributed by atoms with Crippen LogP contribution in [0.25, 0.3) is 10.9 Å². The number of aromatic nitrogens is 1. The maximum atomic E-state index is 4.60. The predicted molar refractivity (Wildman–Crippen MR) is 94.3 cm³/mol. The van der Waals surface area contributed by atoms with Gasteiger partial charge in [-0.25, -0.2) is 4.99 Å². The minimum Gasteiger partial charge on any atom is -0.362 e. The van der Waals surface area contributed by atoms with Gasteiger partial charge in [-0.05, 0) is 62.3 Å². The maximum absolute atomic E-state index is 4.60. The molecule has 3 nitrogen and oxygen atoms in total. The zero-order valence-corrected chi connectivity index (χ0v) is 12.9. The third kappa shape index (κ3) is 1.92. The van der Waals surface area contributed by atoms with Gasteiger partial charge in [0.05, 0.1) is 6.04 Å². The largest absolute Gasteiger partial charge is 0.362 e. The Balaban J connectivity index is 0.000000845. The van der Waals surface area contributed by atoms with Crippen molar-refractivity contribution in [3.05, 3.63) is 46.9 Å². The molecule has 1 fully saturated rings. The molecule has 2 aliphatic carbocycles. The van der Waals surface area contributed by atoms with Crippen molar-refractivity contribution < 1.29 is 2.85 Å². The van der Waals surface area contributed by atoms with Gasteiger partial charge in [-0.15, -0.1) is 0 Å². The summed E-state index contributed by atoms with van der Waals surface area (Å²) in [5.74, 6) is 2.54. The second-order valence-electron chi connectivity index (χ2n) is 7.05. The highest BCUT2D eigenvalue weighted by Crippen LogP contribution is 2.42. The molecule has 0 radical (unpaired) electrons. The third-order valence-corrected chi connectivity index (χ3v) is 5.35. The molecule has 0 spiro atoms. The lowest BCUT2D eigenvalue weighted by Crippen LogP contribution is -2.25. The van der Waals surface area contributed by atoms with Crippen LogP contribution in [-0.2, 0) is 6.42 Å². The summed E-state index contributed by atoms with van der Waals surface area (Å²) in [4.78, 5) is 8.26. The van der Waals surface area contributed by atoms with Crippen molar-refractivity contribution in [2.75, 3.05) is 0 Å². The third-order valence-electron chi connectivity index (χ3n) is 5.35. The molecule has 3 unspecified atom stereocenters. The Bertz CT molecular complexity index is 821. The number of hydrogen-bond acceptors (Lipinski definition) is 2. The predicted octanol–water partition coefficient (Wildman–Crippen LogP) is 4.50. The Labute approximate surface area is 133 Å². The quantitative estimate of drug-likeness (QED) is 0.841. The minimum absolute atomic E-state index is 0. The van der Waals surface area contributed by atoms with Gasteiger partial charge in [0.1, 0.15) is 5.82 Å². The molecule has 0 saturated heterocycles. The Hall–Kier alpha value is -2.03. The van der Waals surface area contributed by atoms with E-state index in [1.807, 2.05) is 0 Å². The molecule has 2 N–H and O–H groups in total. The van der Waals surface area contributed by atoms with E-state index in [2.05, 4.69) is 52.7 Å². The first-order valence-electron chi connectivity index (χ1n) is 8.41. The van der Waals surface area contributed by atoms with Crippen LogP contribution in [0.5, 0.6) is 0 Å². The van der Waals surface area contributed by atoms with Crippen LogP contribution in [0, 0.1) is 18.8 Å². The van der Waals surface area contributed by atoms with Crippen molar-refractivity contribution in [3.63, 3.8) is 0 Å². The van der Waals surface area contributed by atoms with Gasteiger partial charge in [-0.1, -0.05) is 11.6 Å². The molecule has 22 heavy (non-hydrogen) atoms. The fourth-order valence-electron chi connectivity index (χ4n) is 4.01. The molecule has 3 aliphatic rings. The number of aryl methyl sites for hydroxylation is 2. The van der Waals surface area contributed by atoms with E-state index in [1.165, 1.54) is 53.4 Å². The number of nitrogens with one attached hydrogen (secondary N) is 2. The number of rotatable bonds is 2. The first kappa shape index (κ1) is 12.5. The first-order valence-corrected chi connectivity index (χ1v) is 8.41. The lowest BCUT2D eigenvalue weighted by atomic mass is 9.91. The molecule has 0 bridgehead atoms. The molecule has 5 rings (SSSR count). The number of nitrogens with zero attached hydrogens (tertiary/aromatic N) is 1. The van der Waals surface area contributed by atoms with Crippen LogP contribution in [0.3, 0.4) is 0 Å². The van der Waals surface area contributed by atoms with E-state index >= 15 is 0 Å². The van der Waals surface area contributed by atoms with E-state index in [1.54, 1.807) is 0 Å². The second kappa shape index (κ2) is 4.48. The first-order chi connectivity index (χ1) is 10.8. The normalized spacial score (nSPS) is 29.0. The number of H-pyrrole nitrogens is 1. The van der Waals surface area contributed by atoms with Gasteiger partial charge in [0.2, 0.25) is 0 Å². The average Bonchev–Trinajstić information content (AvgIpc) is 3.20. The zero-order valence-electron chi connectivity index (χ0n) is 12.9. The van der Waals surface area contributed by atoms with E-state index in [0.717, 1.165) is 17.7 Å². The molecule has 3 heteroatoms. The lowest BCUT2D eigenvalue weighted by Gasteiger charge is -2.25. The van der Waals surface area contributed by atoms with Crippen molar-refractivity contribution in [2.24, 2.45) is 16.8 Å². The monoisotopic (exact) mass is 295 g/mol. The molecule has 1 aromatic carbocycles. The minimum atomic E-state index is 0. The van der Waals surface area contributed by atoms with E-state index in [-0.39, 0.29) is 2.85 Å². The van der Waals surface area contributed by atoms with Crippen LogP contribution in [0.15, 0.2) is 35.1 Å². The molecule has 1 aliphatic heterocycles. The Kier molecular flexibility index (Phi) is 2.55. The Morgan fingerprint density at radius 2 is 2.27 bits per heavy atom. The van der Waals surface area contributed by atoms with Crippen LogP contribution in [0.1, 0.15) is 45.0 Å². The van der Waals surface area contributed by atoms with Gasteiger partial charge in [0, 0.05) is 31.6 Å². The molecule has 116 valence electrons.